The van der Waals surface area contributed by atoms with Gasteiger partial charge in [0, 0.05) is 12.8 Å². The molecule has 0 radical (unpaired) electrons. The van der Waals surface area contributed by atoms with Crippen molar-refractivity contribution < 1.29 is 49.2 Å². The highest BCUT2D eigenvalue weighted by Crippen LogP contribution is 2.12. The molecular weight excluding hydrogens is 606 g/mol. The van der Waals surface area contributed by atoms with Crippen LogP contribution in [0, 0.1) is 0 Å². The monoisotopic (exact) mass is 653 g/mol. The Hall–Kier alpha value is -4.32. The van der Waals surface area contributed by atoms with E-state index < -0.39 is 85.2 Å². The summed E-state index contributed by atoms with van der Waals surface area (Å²) in [6.07, 6.45) is 0.964. The molecule has 0 saturated heterocycles. The number of aromatic hydroxyl groups is 1. The third-order valence-corrected chi connectivity index (χ3v) is 6.96. The molecule has 17 nitrogen and oxygen atoms in total. The largest absolute Gasteiger partial charge is 0.508 e. The molecule has 0 aromatic heterocycles. The predicted octanol–water partition coefficient (Wildman–Crippen LogP) is -2.60. The summed E-state index contributed by atoms with van der Waals surface area (Å²) < 4.78 is 0. The SMILES string of the molecule is NCCCC[C@H](NC(=O)[C@H](CCCCN)NC(=O)[C@@H](N)CO)C(=O)N[C@@H](CCC(=O)O)C(=O)N[C@@H](Cc1ccc(O)cc1)C(=O)O. The van der Waals surface area contributed by atoms with Crippen LogP contribution in [-0.4, -0.2) is 106 Å². The molecule has 0 heterocycles. The van der Waals surface area contributed by atoms with Crippen LogP contribution in [0.3, 0.4) is 0 Å². The Labute approximate surface area is 266 Å². The van der Waals surface area contributed by atoms with Crippen LogP contribution in [0.5, 0.6) is 5.75 Å². The van der Waals surface area contributed by atoms with Crippen molar-refractivity contribution in [1.82, 2.24) is 21.3 Å². The number of nitrogens with two attached hydrogens (primary N) is 3. The maximum atomic E-state index is 13.5. The van der Waals surface area contributed by atoms with Crippen LogP contribution in [0.2, 0.25) is 0 Å². The average Bonchev–Trinajstić information content (AvgIpc) is 3.01. The number of carbonyl (C=O) groups is 6. The first-order valence-electron chi connectivity index (χ1n) is 15.0. The second kappa shape index (κ2) is 21.4. The van der Waals surface area contributed by atoms with Gasteiger partial charge in [-0.15, -0.1) is 0 Å². The normalized spacial score (nSPS) is 14.2. The van der Waals surface area contributed by atoms with Crippen molar-refractivity contribution in [1.29, 1.82) is 0 Å². The number of hydrogen-bond acceptors (Lipinski definition) is 11. The van der Waals surface area contributed by atoms with Crippen molar-refractivity contribution in [2.45, 2.75) is 88.0 Å². The lowest BCUT2D eigenvalue weighted by Crippen LogP contribution is -2.58. The summed E-state index contributed by atoms with van der Waals surface area (Å²) in [6.45, 7) is -0.0368. The number of rotatable bonds is 23. The van der Waals surface area contributed by atoms with E-state index >= 15 is 0 Å². The summed E-state index contributed by atoms with van der Waals surface area (Å²) in [5, 5.41) is 47.4. The molecule has 258 valence electrons. The maximum absolute atomic E-state index is 13.5. The average molecular weight is 654 g/mol. The Balaban J connectivity index is 3.18. The lowest BCUT2D eigenvalue weighted by Gasteiger charge is -2.26. The van der Waals surface area contributed by atoms with Gasteiger partial charge in [-0.3, -0.25) is 24.0 Å². The van der Waals surface area contributed by atoms with E-state index in [0.29, 0.717) is 44.3 Å². The Bertz CT molecular complexity index is 1150. The van der Waals surface area contributed by atoms with E-state index in [1.54, 1.807) is 0 Å². The molecule has 1 aromatic rings. The number of carboxylic acids is 2. The van der Waals surface area contributed by atoms with Crippen molar-refractivity contribution >= 4 is 35.6 Å². The number of hydrogen-bond donors (Lipinski definition) is 11. The number of benzene rings is 1. The van der Waals surface area contributed by atoms with Crippen LogP contribution in [0.4, 0.5) is 0 Å². The Morgan fingerprint density at radius 1 is 0.652 bits per heavy atom. The molecule has 0 bridgehead atoms. The van der Waals surface area contributed by atoms with Crippen molar-refractivity contribution in [3.63, 3.8) is 0 Å². The summed E-state index contributed by atoms with van der Waals surface area (Å²) in [5.41, 5.74) is 17.2. The zero-order chi connectivity index (χ0) is 34.6. The summed E-state index contributed by atoms with van der Waals surface area (Å²) in [7, 11) is 0. The van der Waals surface area contributed by atoms with Crippen LogP contribution in [0.25, 0.3) is 0 Å². The Morgan fingerprint density at radius 3 is 1.50 bits per heavy atom. The highest BCUT2D eigenvalue weighted by Gasteiger charge is 2.32. The lowest BCUT2D eigenvalue weighted by atomic mass is 10.0. The fraction of sp³-hybridized carbons (Fsp3) is 0.586. The first kappa shape index (κ1) is 39.7. The molecule has 14 N–H and O–H groups in total. The predicted molar refractivity (Wildman–Crippen MR) is 165 cm³/mol. The van der Waals surface area contributed by atoms with Gasteiger partial charge in [0.2, 0.25) is 23.6 Å². The molecule has 0 aliphatic heterocycles. The van der Waals surface area contributed by atoms with Crippen molar-refractivity contribution in [3.05, 3.63) is 29.8 Å². The zero-order valence-corrected chi connectivity index (χ0v) is 25.7. The van der Waals surface area contributed by atoms with E-state index in [4.69, 9.17) is 17.2 Å². The maximum Gasteiger partial charge on any atom is 0.326 e. The number of unbranched alkanes of at least 4 members (excludes halogenated alkanes) is 2. The van der Waals surface area contributed by atoms with E-state index in [-0.39, 0.29) is 25.0 Å². The van der Waals surface area contributed by atoms with E-state index in [1.165, 1.54) is 24.3 Å². The summed E-state index contributed by atoms with van der Waals surface area (Å²) in [5.74, 6) is -6.03. The quantitative estimate of drug-likeness (QED) is 0.0541. The van der Waals surface area contributed by atoms with Gasteiger partial charge in [0.05, 0.1) is 6.61 Å². The van der Waals surface area contributed by atoms with Crippen molar-refractivity contribution in [2.24, 2.45) is 17.2 Å². The summed E-state index contributed by atoms with van der Waals surface area (Å²) in [4.78, 5) is 75.5. The number of aliphatic hydroxyl groups excluding tert-OH is 1. The molecule has 1 aromatic carbocycles. The molecule has 0 saturated carbocycles. The standard InChI is InChI=1S/C29H47N7O10/c30-13-3-1-5-20(33-25(41)19(32)16-37)26(42)34-21(6-2-4-14-31)27(43)35-22(11-12-24(39)40)28(44)36-23(29(45)46)15-17-7-9-18(38)10-8-17/h7-10,19-23,37-38H,1-6,11-16,30-32H2,(H,33,41)(H,34,42)(H,35,43)(H,36,44)(H,39,40)(H,45,46)/t19-,20-,21-,22-,23-/m0/s1. The van der Waals surface area contributed by atoms with Gasteiger partial charge in [0.15, 0.2) is 0 Å². The second-order valence-electron chi connectivity index (χ2n) is 10.7. The van der Waals surface area contributed by atoms with E-state index in [0.717, 1.165) is 0 Å². The summed E-state index contributed by atoms with van der Waals surface area (Å²) >= 11 is 0. The number of amides is 4. The molecule has 0 spiro atoms. The van der Waals surface area contributed by atoms with Gasteiger partial charge in [-0.1, -0.05) is 12.1 Å². The summed E-state index contributed by atoms with van der Waals surface area (Å²) in [6, 6.07) is -0.967. The third kappa shape index (κ3) is 15.1. The van der Waals surface area contributed by atoms with Gasteiger partial charge in [0.25, 0.3) is 0 Å². The van der Waals surface area contributed by atoms with Gasteiger partial charge in [-0.25, -0.2) is 4.79 Å². The number of phenolic OH excluding ortho intramolecular Hbond substituents is 1. The molecular formula is C29H47N7O10. The minimum Gasteiger partial charge on any atom is -0.508 e. The topological polar surface area (TPSA) is 310 Å². The number of carboxylic acid groups (broad SMARTS) is 2. The van der Waals surface area contributed by atoms with E-state index in [9.17, 15) is 49.2 Å². The molecule has 46 heavy (non-hydrogen) atoms. The molecule has 17 heteroatoms. The van der Waals surface area contributed by atoms with Crippen LogP contribution in [-0.2, 0) is 35.2 Å². The van der Waals surface area contributed by atoms with Crippen molar-refractivity contribution in [3.8, 4) is 5.75 Å². The van der Waals surface area contributed by atoms with Crippen LogP contribution in [0.15, 0.2) is 24.3 Å². The Kier molecular flexibility index (Phi) is 18.5. The fourth-order valence-corrected chi connectivity index (χ4v) is 4.31. The molecule has 0 aliphatic carbocycles. The first-order chi connectivity index (χ1) is 21.8. The molecule has 1 rings (SSSR count). The van der Waals surface area contributed by atoms with E-state index in [2.05, 4.69) is 21.3 Å². The molecule has 0 unspecified atom stereocenters. The van der Waals surface area contributed by atoms with Gasteiger partial charge in [-0.05, 0) is 75.7 Å². The molecule has 0 fully saturated rings. The van der Waals surface area contributed by atoms with Crippen molar-refractivity contribution in [2.75, 3.05) is 19.7 Å². The van der Waals surface area contributed by atoms with Crippen LogP contribution < -0.4 is 38.5 Å². The highest BCUT2D eigenvalue weighted by atomic mass is 16.4. The zero-order valence-electron chi connectivity index (χ0n) is 25.7. The number of aliphatic carboxylic acids is 2. The van der Waals surface area contributed by atoms with Crippen LogP contribution in [0.1, 0.15) is 56.9 Å². The van der Waals surface area contributed by atoms with Gasteiger partial charge >= 0.3 is 11.9 Å². The number of phenols is 1. The van der Waals surface area contributed by atoms with Gasteiger partial charge < -0.3 is 58.9 Å². The minimum absolute atomic E-state index is 0.0396. The minimum atomic E-state index is -1.48. The number of aliphatic hydroxyl groups is 1. The molecule has 0 aliphatic rings. The smallest absolute Gasteiger partial charge is 0.326 e. The van der Waals surface area contributed by atoms with Crippen LogP contribution >= 0.6 is 0 Å². The molecule has 5 atom stereocenters. The van der Waals surface area contributed by atoms with Gasteiger partial charge in [-0.2, -0.15) is 0 Å². The van der Waals surface area contributed by atoms with Gasteiger partial charge in [0.1, 0.15) is 36.0 Å². The third-order valence-electron chi connectivity index (χ3n) is 6.96. The van der Waals surface area contributed by atoms with E-state index in [1.807, 2.05) is 0 Å². The lowest BCUT2D eigenvalue weighted by molar-refractivity contribution is -0.143. The molecule has 4 amide bonds. The first-order valence-corrected chi connectivity index (χ1v) is 15.0. The number of carbonyl (C=O) groups excluding carboxylic acids is 4. The highest BCUT2D eigenvalue weighted by molar-refractivity contribution is 5.95. The second-order valence-corrected chi connectivity index (χ2v) is 10.7. The number of nitrogens with one attached hydrogen (secondary N) is 4. The fourth-order valence-electron chi connectivity index (χ4n) is 4.31. The Morgan fingerprint density at radius 2 is 1.09 bits per heavy atom.